The van der Waals surface area contributed by atoms with E-state index in [0.29, 0.717) is 13.2 Å². The van der Waals surface area contributed by atoms with Gasteiger partial charge in [-0.3, -0.25) is 0 Å². The first-order chi connectivity index (χ1) is 5.31. The molecule has 0 aliphatic rings. The second-order valence-electron chi connectivity index (χ2n) is 2.25. The maximum absolute atomic E-state index is 5.34. The van der Waals surface area contributed by atoms with Gasteiger partial charge in [0.25, 0.3) is 0 Å². The molecule has 66 valence electrons. The molecular weight excluding hydrogens is 160 g/mol. The van der Waals surface area contributed by atoms with E-state index in [1.807, 2.05) is 19.1 Å². The molecule has 0 saturated carbocycles. The Morgan fingerprint density at radius 3 is 2.73 bits per heavy atom. The van der Waals surface area contributed by atoms with E-state index in [2.05, 4.69) is 12.6 Å². The highest BCUT2D eigenvalue weighted by atomic mass is 32.1. The maximum Gasteiger partial charge on any atom is 0.0784 e. The van der Waals surface area contributed by atoms with Gasteiger partial charge >= 0.3 is 0 Å². The predicted molar refractivity (Wildman–Crippen MR) is 50.3 cm³/mol. The summed E-state index contributed by atoms with van der Waals surface area (Å²) in [6.45, 7) is 3.28. The highest BCUT2D eigenvalue weighted by Gasteiger charge is 1.97. The van der Waals surface area contributed by atoms with Crippen molar-refractivity contribution in [1.82, 2.24) is 0 Å². The lowest BCUT2D eigenvalue weighted by atomic mass is 10.4. The topological polar surface area (TPSA) is 18.5 Å². The van der Waals surface area contributed by atoms with Crippen LogP contribution in [-0.4, -0.2) is 32.2 Å². The van der Waals surface area contributed by atoms with Gasteiger partial charge in [0.1, 0.15) is 0 Å². The smallest absolute Gasteiger partial charge is 0.0784 e. The van der Waals surface area contributed by atoms with Crippen LogP contribution in [0.4, 0.5) is 0 Å². The van der Waals surface area contributed by atoms with Gasteiger partial charge < -0.3 is 9.47 Å². The van der Waals surface area contributed by atoms with Gasteiger partial charge in [-0.2, -0.15) is 12.6 Å². The number of hydrogen-bond donors (Lipinski definition) is 1. The van der Waals surface area contributed by atoms with Gasteiger partial charge in [-0.25, -0.2) is 0 Å². The Morgan fingerprint density at radius 2 is 2.18 bits per heavy atom. The highest BCUT2D eigenvalue weighted by molar-refractivity contribution is 7.80. The molecule has 0 fully saturated rings. The van der Waals surface area contributed by atoms with Crippen molar-refractivity contribution in [2.45, 2.75) is 13.0 Å². The fourth-order valence-corrected chi connectivity index (χ4v) is 0.794. The fourth-order valence-electron chi connectivity index (χ4n) is 0.645. The number of thiol groups is 1. The summed E-state index contributed by atoms with van der Waals surface area (Å²) in [5.74, 6) is 0.766. The Bertz CT molecular complexity index is 104. The summed E-state index contributed by atoms with van der Waals surface area (Å²) >= 11 is 4.02. The van der Waals surface area contributed by atoms with Gasteiger partial charge in [-0.1, -0.05) is 12.2 Å². The van der Waals surface area contributed by atoms with E-state index >= 15 is 0 Å². The lowest BCUT2D eigenvalue weighted by Gasteiger charge is -2.09. The molecule has 0 amide bonds. The van der Waals surface area contributed by atoms with Gasteiger partial charge in [-0.15, -0.1) is 0 Å². The van der Waals surface area contributed by atoms with Crippen molar-refractivity contribution in [3.8, 4) is 0 Å². The predicted octanol–water partition coefficient (Wildman–Crippen LogP) is 1.52. The molecule has 0 aromatic carbocycles. The summed E-state index contributed by atoms with van der Waals surface area (Å²) in [6, 6.07) is 0. The molecule has 0 heterocycles. The third-order valence-electron chi connectivity index (χ3n) is 1.15. The summed E-state index contributed by atoms with van der Waals surface area (Å²) in [4.78, 5) is 0. The lowest BCUT2D eigenvalue weighted by molar-refractivity contribution is 0.0227. The molecule has 0 bridgehead atoms. The minimum absolute atomic E-state index is 0.171. The molecule has 1 unspecified atom stereocenters. The molecule has 11 heavy (non-hydrogen) atoms. The Balaban J connectivity index is 3.16. The molecule has 0 spiro atoms. The third-order valence-corrected chi connectivity index (χ3v) is 1.36. The van der Waals surface area contributed by atoms with E-state index in [4.69, 9.17) is 9.47 Å². The van der Waals surface area contributed by atoms with Crippen molar-refractivity contribution in [3.63, 3.8) is 0 Å². The molecule has 0 saturated heterocycles. The van der Waals surface area contributed by atoms with Crippen LogP contribution in [0.15, 0.2) is 12.2 Å². The zero-order valence-corrected chi connectivity index (χ0v) is 8.01. The average Bonchev–Trinajstić information content (AvgIpc) is 1.99. The normalized spacial score (nSPS) is 14.1. The minimum Gasteiger partial charge on any atom is -0.382 e. The maximum atomic E-state index is 5.34. The Labute approximate surface area is 74.0 Å². The Kier molecular flexibility index (Phi) is 8.12. The fraction of sp³-hybridized carbons (Fsp3) is 0.750. The number of rotatable bonds is 6. The number of hydrogen-bond acceptors (Lipinski definition) is 3. The van der Waals surface area contributed by atoms with Crippen LogP contribution >= 0.6 is 12.6 Å². The Hall–Kier alpha value is 0.01000. The second kappa shape index (κ2) is 8.11. The molecule has 0 aromatic rings. The SMILES string of the molecule is COCC(C)OCC=CCS. The standard InChI is InChI=1S/C8H16O2S/c1-8(7-9-2)10-5-3-4-6-11/h3-4,8,11H,5-7H2,1-2H3. The molecule has 0 aliphatic carbocycles. The van der Waals surface area contributed by atoms with Gasteiger partial charge in [0.05, 0.1) is 19.3 Å². The monoisotopic (exact) mass is 176 g/mol. The van der Waals surface area contributed by atoms with E-state index in [0.717, 1.165) is 5.75 Å². The average molecular weight is 176 g/mol. The van der Waals surface area contributed by atoms with Crippen LogP contribution in [0.25, 0.3) is 0 Å². The van der Waals surface area contributed by atoms with Crippen LogP contribution in [0, 0.1) is 0 Å². The van der Waals surface area contributed by atoms with Gasteiger partial charge in [0, 0.05) is 12.9 Å². The van der Waals surface area contributed by atoms with Crippen molar-refractivity contribution >= 4 is 12.6 Å². The van der Waals surface area contributed by atoms with E-state index in [1.165, 1.54) is 0 Å². The quantitative estimate of drug-likeness (QED) is 0.488. The Morgan fingerprint density at radius 1 is 1.45 bits per heavy atom. The van der Waals surface area contributed by atoms with Crippen LogP contribution in [0.3, 0.4) is 0 Å². The molecule has 0 radical (unpaired) electrons. The van der Waals surface area contributed by atoms with E-state index < -0.39 is 0 Å². The highest BCUT2D eigenvalue weighted by Crippen LogP contribution is 1.91. The van der Waals surface area contributed by atoms with Crippen molar-refractivity contribution in [2.24, 2.45) is 0 Å². The molecule has 0 aliphatic heterocycles. The van der Waals surface area contributed by atoms with Crippen molar-refractivity contribution in [2.75, 3.05) is 26.1 Å². The van der Waals surface area contributed by atoms with Gasteiger partial charge in [0.2, 0.25) is 0 Å². The minimum atomic E-state index is 0.171. The number of methoxy groups -OCH3 is 1. The molecule has 1 atom stereocenters. The molecule has 3 heteroatoms. The van der Waals surface area contributed by atoms with Crippen molar-refractivity contribution < 1.29 is 9.47 Å². The summed E-state index contributed by atoms with van der Waals surface area (Å²) in [5.41, 5.74) is 0. The summed E-state index contributed by atoms with van der Waals surface area (Å²) < 4.78 is 10.2. The van der Waals surface area contributed by atoms with Gasteiger partial charge in [-0.05, 0) is 6.92 Å². The summed E-state index contributed by atoms with van der Waals surface area (Å²) in [7, 11) is 1.67. The van der Waals surface area contributed by atoms with E-state index in [-0.39, 0.29) is 6.10 Å². The molecule has 2 nitrogen and oxygen atoms in total. The first kappa shape index (κ1) is 11.0. The first-order valence-corrected chi connectivity index (χ1v) is 4.31. The summed E-state index contributed by atoms with van der Waals surface area (Å²) in [6.07, 6.45) is 4.09. The third kappa shape index (κ3) is 7.91. The molecule has 0 N–H and O–H groups in total. The zero-order valence-electron chi connectivity index (χ0n) is 7.12. The van der Waals surface area contributed by atoms with Crippen LogP contribution in [-0.2, 0) is 9.47 Å². The second-order valence-corrected chi connectivity index (χ2v) is 2.62. The largest absolute Gasteiger partial charge is 0.382 e. The zero-order chi connectivity index (χ0) is 8.53. The van der Waals surface area contributed by atoms with Crippen LogP contribution < -0.4 is 0 Å². The van der Waals surface area contributed by atoms with E-state index in [9.17, 15) is 0 Å². The molecule has 0 aromatic heterocycles. The number of ether oxygens (including phenoxy) is 2. The molecular formula is C8H16O2S. The van der Waals surface area contributed by atoms with Crippen molar-refractivity contribution in [3.05, 3.63) is 12.2 Å². The lowest BCUT2D eigenvalue weighted by Crippen LogP contribution is -2.14. The first-order valence-electron chi connectivity index (χ1n) is 3.67. The molecule has 0 rings (SSSR count). The van der Waals surface area contributed by atoms with Crippen LogP contribution in [0.5, 0.6) is 0 Å². The van der Waals surface area contributed by atoms with Gasteiger partial charge in [0.15, 0.2) is 0 Å². The van der Waals surface area contributed by atoms with Crippen LogP contribution in [0.2, 0.25) is 0 Å². The summed E-state index contributed by atoms with van der Waals surface area (Å²) in [5, 5.41) is 0. The van der Waals surface area contributed by atoms with Crippen molar-refractivity contribution in [1.29, 1.82) is 0 Å². The van der Waals surface area contributed by atoms with Crippen LogP contribution in [0.1, 0.15) is 6.92 Å². The van der Waals surface area contributed by atoms with E-state index in [1.54, 1.807) is 7.11 Å².